The molecule has 0 aliphatic carbocycles. The molecule has 2 aromatic rings. The lowest BCUT2D eigenvalue weighted by Gasteiger charge is -2.17. The molecule has 0 aliphatic heterocycles. The predicted molar refractivity (Wildman–Crippen MR) is 129 cm³/mol. The molecule has 2 N–H and O–H groups in total. The molecule has 8 nitrogen and oxygen atoms in total. The molecular formula is C21H30IN3O5. The molecule has 0 heterocycles. The van der Waals surface area contributed by atoms with E-state index in [1.807, 2.05) is 37.3 Å². The highest BCUT2D eigenvalue weighted by Gasteiger charge is 2.14. The Morgan fingerprint density at radius 1 is 0.867 bits per heavy atom. The van der Waals surface area contributed by atoms with Gasteiger partial charge in [0.2, 0.25) is 5.75 Å². The summed E-state index contributed by atoms with van der Waals surface area (Å²) in [6, 6.07) is 9.43. The average molecular weight is 531 g/mol. The van der Waals surface area contributed by atoms with Gasteiger partial charge in [0.25, 0.3) is 0 Å². The first-order valence-electron chi connectivity index (χ1n) is 9.17. The van der Waals surface area contributed by atoms with Crippen molar-refractivity contribution in [3.8, 4) is 28.7 Å². The summed E-state index contributed by atoms with van der Waals surface area (Å²) in [5, 5.41) is 6.50. The Kier molecular flexibility index (Phi) is 10.9. The Morgan fingerprint density at radius 2 is 1.50 bits per heavy atom. The number of aliphatic imine (C=N–C) groups is 1. The smallest absolute Gasteiger partial charge is 0.203 e. The van der Waals surface area contributed by atoms with Crippen molar-refractivity contribution >= 4 is 35.6 Å². The zero-order valence-electron chi connectivity index (χ0n) is 18.2. The van der Waals surface area contributed by atoms with E-state index in [1.54, 1.807) is 35.5 Å². The minimum Gasteiger partial charge on any atom is -0.493 e. The lowest BCUT2D eigenvalue weighted by atomic mass is 10.2. The minimum absolute atomic E-state index is 0. The maximum absolute atomic E-state index is 5.63. The highest BCUT2D eigenvalue weighted by molar-refractivity contribution is 14.0. The van der Waals surface area contributed by atoms with Gasteiger partial charge in [0, 0.05) is 31.4 Å². The predicted octanol–water partition coefficient (Wildman–Crippen LogP) is 3.93. The molecule has 0 aromatic heterocycles. The molecular weight excluding hydrogens is 501 g/mol. The van der Waals surface area contributed by atoms with Crippen molar-refractivity contribution in [2.75, 3.05) is 47.4 Å². The molecule has 0 spiro atoms. The maximum Gasteiger partial charge on any atom is 0.203 e. The molecule has 0 amide bonds. The van der Waals surface area contributed by atoms with Crippen LogP contribution in [0.4, 0.5) is 5.69 Å². The molecule has 2 rings (SSSR count). The molecule has 166 valence electrons. The number of nitrogens with zero attached hydrogens (tertiary/aromatic N) is 1. The largest absolute Gasteiger partial charge is 0.493 e. The lowest BCUT2D eigenvalue weighted by molar-refractivity contribution is 0.310. The van der Waals surface area contributed by atoms with Crippen LogP contribution in [0.3, 0.4) is 0 Å². The number of methoxy groups -OCH3 is 4. The van der Waals surface area contributed by atoms with E-state index in [0.717, 1.165) is 11.3 Å². The molecule has 30 heavy (non-hydrogen) atoms. The zero-order valence-corrected chi connectivity index (χ0v) is 20.5. The molecule has 0 unspecified atom stereocenters. The van der Waals surface area contributed by atoms with Gasteiger partial charge in [0.1, 0.15) is 0 Å². The van der Waals surface area contributed by atoms with E-state index in [9.17, 15) is 0 Å². The number of hydrogen-bond acceptors (Lipinski definition) is 6. The van der Waals surface area contributed by atoms with E-state index in [-0.39, 0.29) is 24.0 Å². The summed E-state index contributed by atoms with van der Waals surface area (Å²) in [5.41, 5.74) is 1.78. The van der Waals surface area contributed by atoms with Crippen molar-refractivity contribution in [3.05, 3.63) is 35.9 Å². The van der Waals surface area contributed by atoms with E-state index < -0.39 is 0 Å². The summed E-state index contributed by atoms with van der Waals surface area (Å²) in [4.78, 5) is 4.27. The molecule has 9 heteroatoms. The van der Waals surface area contributed by atoms with E-state index >= 15 is 0 Å². The van der Waals surface area contributed by atoms with Crippen LogP contribution in [0.25, 0.3) is 0 Å². The Bertz CT molecular complexity index is 820. The Labute approximate surface area is 194 Å². The quantitative estimate of drug-likeness (QED) is 0.288. The standard InChI is InChI=1S/C21H29N3O5.HI/c1-7-29-17-10-14(8-9-16(17)25-3)13-23-21(22-2)24-15-11-18(26-4)20(28-6)19(12-15)27-5;/h8-12H,7,13H2,1-6H3,(H2,22,23,24);1H. The maximum atomic E-state index is 5.63. The number of rotatable bonds is 9. The number of ether oxygens (including phenoxy) is 5. The van der Waals surface area contributed by atoms with Crippen LogP contribution in [0, 0.1) is 0 Å². The number of guanidine groups is 1. The summed E-state index contributed by atoms with van der Waals surface area (Å²) >= 11 is 0. The third-order valence-corrected chi connectivity index (χ3v) is 4.14. The molecule has 0 saturated carbocycles. The molecule has 2 aromatic carbocycles. The Balaban J connectivity index is 0.00000450. The fraction of sp³-hybridized carbons (Fsp3) is 0.381. The van der Waals surface area contributed by atoms with Crippen LogP contribution in [0.15, 0.2) is 35.3 Å². The summed E-state index contributed by atoms with van der Waals surface area (Å²) in [6.07, 6.45) is 0. The molecule has 0 atom stereocenters. The number of hydrogen-bond donors (Lipinski definition) is 2. The molecule has 0 bridgehead atoms. The average Bonchev–Trinajstić information content (AvgIpc) is 2.76. The van der Waals surface area contributed by atoms with Gasteiger partial charge in [-0.15, -0.1) is 24.0 Å². The van der Waals surface area contributed by atoms with Crippen LogP contribution >= 0.6 is 24.0 Å². The third-order valence-electron chi connectivity index (χ3n) is 4.14. The number of halogens is 1. The topological polar surface area (TPSA) is 82.6 Å². The van der Waals surface area contributed by atoms with E-state index in [2.05, 4.69) is 15.6 Å². The van der Waals surface area contributed by atoms with Gasteiger partial charge in [-0.05, 0) is 24.6 Å². The van der Waals surface area contributed by atoms with Crippen molar-refractivity contribution in [2.45, 2.75) is 13.5 Å². The summed E-state index contributed by atoms with van der Waals surface area (Å²) in [6.45, 7) is 3.05. The van der Waals surface area contributed by atoms with Gasteiger partial charge >= 0.3 is 0 Å². The highest BCUT2D eigenvalue weighted by Crippen LogP contribution is 2.39. The van der Waals surface area contributed by atoms with Crippen molar-refractivity contribution in [2.24, 2.45) is 4.99 Å². The lowest BCUT2D eigenvalue weighted by Crippen LogP contribution is -2.30. The van der Waals surface area contributed by atoms with Crippen molar-refractivity contribution in [1.29, 1.82) is 0 Å². The Hall–Kier alpha value is -2.56. The molecule has 0 radical (unpaired) electrons. The van der Waals surface area contributed by atoms with Gasteiger partial charge in [-0.2, -0.15) is 0 Å². The second-order valence-corrected chi connectivity index (χ2v) is 5.88. The monoisotopic (exact) mass is 531 g/mol. The second-order valence-electron chi connectivity index (χ2n) is 5.88. The van der Waals surface area contributed by atoms with E-state index in [4.69, 9.17) is 23.7 Å². The fourth-order valence-electron chi connectivity index (χ4n) is 2.75. The molecule has 0 saturated heterocycles. The Morgan fingerprint density at radius 3 is 2.00 bits per heavy atom. The van der Waals surface area contributed by atoms with Crippen LogP contribution in [0.5, 0.6) is 28.7 Å². The summed E-state index contributed by atoms with van der Waals surface area (Å²) in [7, 11) is 8.05. The van der Waals surface area contributed by atoms with Crippen molar-refractivity contribution in [3.63, 3.8) is 0 Å². The third kappa shape index (κ3) is 6.48. The first-order valence-corrected chi connectivity index (χ1v) is 9.17. The molecule has 0 fully saturated rings. The first-order chi connectivity index (χ1) is 14.1. The SMILES string of the molecule is CCOc1cc(CNC(=NC)Nc2cc(OC)c(OC)c(OC)c2)ccc1OC.I. The summed E-state index contributed by atoms with van der Waals surface area (Å²) < 4.78 is 27.1. The summed E-state index contributed by atoms with van der Waals surface area (Å²) in [5.74, 6) is 3.65. The van der Waals surface area contributed by atoms with Gasteiger partial charge in [0.05, 0.1) is 35.0 Å². The minimum atomic E-state index is 0. The van der Waals surface area contributed by atoms with Gasteiger partial charge < -0.3 is 34.3 Å². The van der Waals surface area contributed by atoms with Crippen LogP contribution < -0.4 is 34.3 Å². The highest BCUT2D eigenvalue weighted by atomic mass is 127. The van der Waals surface area contributed by atoms with Crippen LogP contribution in [0.2, 0.25) is 0 Å². The van der Waals surface area contributed by atoms with Gasteiger partial charge in [0.15, 0.2) is 29.0 Å². The second kappa shape index (κ2) is 12.9. The fourth-order valence-corrected chi connectivity index (χ4v) is 2.75. The van der Waals surface area contributed by atoms with Crippen LogP contribution in [-0.2, 0) is 6.54 Å². The van der Waals surface area contributed by atoms with Crippen molar-refractivity contribution < 1.29 is 23.7 Å². The van der Waals surface area contributed by atoms with Crippen molar-refractivity contribution in [1.82, 2.24) is 5.32 Å². The van der Waals surface area contributed by atoms with E-state index in [1.165, 1.54) is 0 Å². The van der Waals surface area contributed by atoms with Gasteiger partial charge in [-0.1, -0.05) is 6.07 Å². The van der Waals surface area contributed by atoms with Crippen LogP contribution in [-0.4, -0.2) is 48.1 Å². The van der Waals surface area contributed by atoms with Crippen LogP contribution in [0.1, 0.15) is 12.5 Å². The zero-order chi connectivity index (χ0) is 21.2. The number of nitrogens with one attached hydrogen (secondary N) is 2. The van der Waals surface area contributed by atoms with Gasteiger partial charge in [-0.25, -0.2) is 0 Å². The van der Waals surface area contributed by atoms with E-state index in [0.29, 0.717) is 47.9 Å². The molecule has 0 aliphatic rings. The normalized spacial score (nSPS) is 10.5. The number of anilines is 1. The first kappa shape index (κ1) is 25.5. The van der Waals surface area contributed by atoms with Gasteiger partial charge in [-0.3, -0.25) is 4.99 Å². The number of benzene rings is 2.